The first-order chi connectivity index (χ1) is 13.5. The number of aromatic nitrogens is 3. The van der Waals surface area contributed by atoms with Crippen molar-refractivity contribution in [3.05, 3.63) is 60.3 Å². The van der Waals surface area contributed by atoms with Gasteiger partial charge in [-0.3, -0.25) is 4.98 Å². The van der Waals surface area contributed by atoms with E-state index in [0.717, 1.165) is 18.6 Å². The highest BCUT2D eigenvalue weighted by Crippen LogP contribution is 2.36. The molecule has 1 aromatic carbocycles. The van der Waals surface area contributed by atoms with Gasteiger partial charge in [0.15, 0.2) is 11.6 Å². The molecule has 3 heterocycles. The van der Waals surface area contributed by atoms with E-state index in [1.807, 2.05) is 0 Å². The number of hydrogen-bond acceptors (Lipinski definition) is 6. The van der Waals surface area contributed by atoms with E-state index in [2.05, 4.69) is 15.2 Å². The summed E-state index contributed by atoms with van der Waals surface area (Å²) in [6, 6.07) is 5.33. The van der Waals surface area contributed by atoms with Crippen LogP contribution in [0.15, 0.2) is 52.0 Å². The molecule has 1 atom stereocenters. The molecule has 4 rings (SSSR count). The number of piperidine rings is 1. The monoisotopic (exact) mass is 406 g/mol. The number of rotatable bonds is 4. The van der Waals surface area contributed by atoms with E-state index < -0.39 is 27.7 Å². The molecule has 1 aliphatic rings. The summed E-state index contributed by atoms with van der Waals surface area (Å²) in [6.07, 6.45) is 5.08. The van der Waals surface area contributed by atoms with Gasteiger partial charge in [0.05, 0.1) is 10.5 Å². The largest absolute Gasteiger partial charge is 0.419 e. The summed E-state index contributed by atoms with van der Waals surface area (Å²) in [5.41, 5.74) is 0.618. The van der Waals surface area contributed by atoms with Gasteiger partial charge in [0, 0.05) is 18.9 Å². The lowest BCUT2D eigenvalue weighted by molar-refractivity contribution is 0.220. The molecule has 0 bridgehead atoms. The van der Waals surface area contributed by atoms with Crippen molar-refractivity contribution < 1.29 is 21.6 Å². The highest BCUT2D eigenvalue weighted by Gasteiger charge is 2.37. The number of halogens is 2. The van der Waals surface area contributed by atoms with E-state index in [1.165, 1.54) is 4.31 Å². The van der Waals surface area contributed by atoms with Crippen molar-refractivity contribution in [3.63, 3.8) is 0 Å². The van der Waals surface area contributed by atoms with Crippen molar-refractivity contribution in [1.29, 1.82) is 0 Å². The maximum absolute atomic E-state index is 13.6. The summed E-state index contributed by atoms with van der Waals surface area (Å²) in [6.45, 7) is 0.219. The molecule has 0 aliphatic carbocycles. The van der Waals surface area contributed by atoms with Crippen LogP contribution < -0.4 is 0 Å². The van der Waals surface area contributed by atoms with Gasteiger partial charge in [0.2, 0.25) is 21.8 Å². The van der Waals surface area contributed by atoms with Crippen LogP contribution in [0.1, 0.15) is 31.2 Å². The fourth-order valence-corrected chi connectivity index (χ4v) is 4.85. The van der Waals surface area contributed by atoms with Gasteiger partial charge in [0.1, 0.15) is 6.04 Å². The minimum Gasteiger partial charge on any atom is -0.419 e. The fraction of sp³-hybridized carbons (Fsp3) is 0.278. The minimum absolute atomic E-state index is 0.157. The summed E-state index contributed by atoms with van der Waals surface area (Å²) in [4.78, 5) is 3.68. The van der Waals surface area contributed by atoms with Crippen LogP contribution in [0, 0.1) is 11.6 Å². The number of nitrogens with zero attached hydrogens (tertiary/aromatic N) is 4. The van der Waals surface area contributed by atoms with Gasteiger partial charge >= 0.3 is 0 Å². The van der Waals surface area contributed by atoms with E-state index >= 15 is 0 Å². The van der Waals surface area contributed by atoms with Gasteiger partial charge in [-0.2, -0.15) is 4.31 Å². The number of hydrogen-bond donors (Lipinski definition) is 0. The molecule has 0 saturated carbocycles. The van der Waals surface area contributed by atoms with Crippen molar-refractivity contribution in [2.45, 2.75) is 30.2 Å². The Balaban J connectivity index is 1.68. The highest BCUT2D eigenvalue weighted by molar-refractivity contribution is 7.89. The quantitative estimate of drug-likeness (QED) is 0.660. The van der Waals surface area contributed by atoms with Crippen LogP contribution in [-0.4, -0.2) is 34.4 Å². The second-order valence-electron chi connectivity index (χ2n) is 6.39. The molecule has 1 fully saturated rings. The van der Waals surface area contributed by atoms with Gasteiger partial charge in [-0.25, -0.2) is 17.2 Å². The normalized spacial score (nSPS) is 18.3. The van der Waals surface area contributed by atoms with Crippen LogP contribution in [0.3, 0.4) is 0 Å². The fourth-order valence-electron chi connectivity index (χ4n) is 3.19. The van der Waals surface area contributed by atoms with Crippen LogP contribution in [0.4, 0.5) is 8.78 Å². The van der Waals surface area contributed by atoms with Gasteiger partial charge in [0.25, 0.3) is 0 Å². The Bertz CT molecular complexity index is 1090. The Labute approximate surface area is 160 Å². The van der Waals surface area contributed by atoms with Crippen LogP contribution in [0.2, 0.25) is 0 Å². The molecule has 0 radical (unpaired) electrons. The number of sulfonamides is 1. The average Bonchev–Trinajstić information content (AvgIpc) is 3.21. The minimum atomic E-state index is -4.07. The average molecular weight is 406 g/mol. The first-order valence-corrected chi connectivity index (χ1v) is 10.1. The molecule has 1 saturated heterocycles. The third-order valence-electron chi connectivity index (χ3n) is 4.59. The lowest BCUT2D eigenvalue weighted by atomic mass is 10.1. The standard InChI is InChI=1S/C18H16F2N4O3S/c19-14-7-6-13(10-15(14)20)28(25,26)24-9-2-1-5-16(24)18-23-22-17(27-18)12-4-3-8-21-11-12/h3-4,6-8,10-11,16H,1-2,5,9H2/t16-/m0/s1. The maximum atomic E-state index is 13.6. The zero-order valence-electron chi connectivity index (χ0n) is 14.6. The van der Waals surface area contributed by atoms with Crippen molar-refractivity contribution in [1.82, 2.24) is 19.5 Å². The van der Waals surface area contributed by atoms with Gasteiger partial charge in [-0.1, -0.05) is 6.42 Å². The van der Waals surface area contributed by atoms with E-state index in [4.69, 9.17) is 4.42 Å². The Hall–Kier alpha value is -2.72. The highest BCUT2D eigenvalue weighted by atomic mass is 32.2. The van der Waals surface area contributed by atoms with Crippen molar-refractivity contribution in [2.24, 2.45) is 0 Å². The Kier molecular flexibility index (Phi) is 4.90. The molecule has 146 valence electrons. The summed E-state index contributed by atoms with van der Waals surface area (Å²) < 4.78 is 59.8. The first-order valence-electron chi connectivity index (χ1n) is 8.67. The molecule has 0 amide bonds. The van der Waals surface area contributed by atoms with Crippen molar-refractivity contribution in [2.75, 3.05) is 6.54 Å². The summed E-state index contributed by atoms with van der Waals surface area (Å²) in [5.74, 6) is -1.93. The van der Waals surface area contributed by atoms with Crippen LogP contribution in [0.5, 0.6) is 0 Å². The third kappa shape index (κ3) is 3.40. The summed E-state index contributed by atoms with van der Waals surface area (Å²) >= 11 is 0. The van der Waals surface area contributed by atoms with Gasteiger partial charge in [-0.05, 0) is 43.2 Å². The van der Waals surface area contributed by atoms with Crippen LogP contribution >= 0.6 is 0 Å². The van der Waals surface area contributed by atoms with Gasteiger partial charge < -0.3 is 4.42 Å². The lowest BCUT2D eigenvalue weighted by Crippen LogP contribution is -2.38. The smallest absolute Gasteiger partial charge is 0.249 e. The molecule has 2 aromatic heterocycles. The SMILES string of the molecule is O=S(=O)(c1ccc(F)c(F)c1)N1CCCC[C@H]1c1nnc(-c2cccnc2)o1. The van der Waals surface area contributed by atoms with E-state index in [0.29, 0.717) is 24.5 Å². The third-order valence-corrected chi connectivity index (χ3v) is 6.49. The predicted molar refractivity (Wildman–Crippen MR) is 94.4 cm³/mol. The summed E-state index contributed by atoms with van der Waals surface area (Å²) in [7, 11) is -4.07. The second-order valence-corrected chi connectivity index (χ2v) is 8.28. The molecular formula is C18H16F2N4O3S. The predicted octanol–water partition coefficient (Wildman–Crippen LogP) is 3.33. The number of pyridine rings is 1. The second kappa shape index (κ2) is 7.36. The first kappa shape index (κ1) is 18.6. The lowest BCUT2D eigenvalue weighted by Gasteiger charge is -2.32. The Morgan fingerprint density at radius 2 is 1.96 bits per heavy atom. The van der Waals surface area contributed by atoms with E-state index in [9.17, 15) is 17.2 Å². The van der Waals surface area contributed by atoms with Crippen molar-refractivity contribution in [3.8, 4) is 11.5 Å². The molecule has 7 nitrogen and oxygen atoms in total. The zero-order chi connectivity index (χ0) is 19.7. The molecular weight excluding hydrogens is 390 g/mol. The molecule has 0 N–H and O–H groups in total. The number of benzene rings is 1. The van der Waals surface area contributed by atoms with E-state index in [-0.39, 0.29) is 23.2 Å². The van der Waals surface area contributed by atoms with Crippen LogP contribution in [0.25, 0.3) is 11.5 Å². The summed E-state index contributed by atoms with van der Waals surface area (Å²) in [5, 5.41) is 8.01. The molecule has 0 unspecified atom stereocenters. The van der Waals surface area contributed by atoms with Gasteiger partial charge in [-0.15, -0.1) is 10.2 Å². The topological polar surface area (TPSA) is 89.2 Å². The van der Waals surface area contributed by atoms with Crippen LogP contribution in [-0.2, 0) is 10.0 Å². The molecule has 28 heavy (non-hydrogen) atoms. The molecule has 10 heteroatoms. The van der Waals surface area contributed by atoms with E-state index in [1.54, 1.807) is 24.5 Å². The Morgan fingerprint density at radius 1 is 1.11 bits per heavy atom. The zero-order valence-corrected chi connectivity index (χ0v) is 15.4. The maximum Gasteiger partial charge on any atom is 0.249 e. The molecule has 1 aliphatic heterocycles. The molecule has 3 aromatic rings. The van der Waals surface area contributed by atoms with Crippen molar-refractivity contribution >= 4 is 10.0 Å². The molecule has 0 spiro atoms. The Morgan fingerprint density at radius 3 is 2.71 bits per heavy atom.